The van der Waals surface area contributed by atoms with E-state index >= 15 is 0 Å². The first-order chi connectivity index (χ1) is 6.20. The van der Waals surface area contributed by atoms with Gasteiger partial charge in [0.05, 0.1) is 12.2 Å². The second-order valence-corrected chi connectivity index (χ2v) is 3.73. The van der Waals surface area contributed by atoms with E-state index in [1.54, 1.807) is 19.1 Å². The van der Waals surface area contributed by atoms with Gasteiger partial charge in [0.15, 0.2) is 0 Å². The third-order valence-corrected chi connectivity index (χ3v) is 2.58. The number of nitriles is 1. The fourth-order valence-electron chi connectivity index (χ4n) is 1.15. The molecular formula is C10H9BrFN. The summed E-state index contributed by atoms with van der Waals surface area (Å²) in [7, 11) is 0. The van der Waals surface area contributed by atoms with Gasteiger partial charge in [-0.05, 0) is 27.6 Å². The first kappa shape index (κ1) is 10.2. The van der Waals surface area contributed by atoms with Crippen LogP contribution in [0.5, 0.6) is 0 Å². The zero-order chi connectivity index (χ0) is 9.84. The normalized spacial score (nSPS) is 12.2. The molecule has 0 aliphatic rings. The monoisotopic (exact) mass is 241 g/mol. The summed E-state index contributed by atoms with van der Waals surface area (Å²) in [5.41, 5.74) is 1.30. The van der Waals surface area contributed by atoms with E-state index in [0.29, 0.717) is 5.56 Å². The molecule has 1 aromatic rings. The van der Waals surface area contributed by atoms with Gasteiger partial charge in [-0.2, -0.15) is 5.26 Å². The van der Waals surface area contributed by atoms with Crippen LogP contribution in [0.25, 0.3) is 0 Å². The molecule has 68 valence electrons. The van der Waals surface area contributed by atoms with Gasteiger partial charge in [0.2, 0.25) is 0 Å². The maximum Gasteiger partial charge on any atom is 0.101 e. The molecule has 0 radical (unpaired) electrons. The summed E-state index contributed by atoms with van der Waals surface area (Å²) in [6.45, 7) is 1.33. The van der Waals surface area contributed by atoms with Crippen molar-refractivity contribution in [1.82, 2.24) is 0 Å². The fraction of sp³-hybridized carbons (Fsp3) is 0.300. The van der Waals surface area contributed by atoms with E-state index in [0.717, 1.165) is 10.0 Å². The third kappa shape index (κ3) is 2.07. The van der Waals surface area contributed by atoms with Crippen molar-refractivity contribution in [3.05, 3.63) is 33.8 Å². The van der Waals surface area contributed by atoms with Crippen molar-refractivity contribution in [3.8, 4) is 6.07 Å². The minimum absolute atomic E-state index is 0.216. The van der Waals surface area contributed by atoms with Crippen molar-refractivity contribution in [3.63, 3.8) is 0 Å². The van der Waals surface area contributed by atoms with E-state index < -0.39 is 6.67 Å². The largest absolute Gasteiger partial charge is 0.250 e. The topological polar surface area (TPSA) is 23.8 Å². The summed E-state index contributed by atoms with van der Waals surface area (Å²) in [5, 5.41) is 8.84. The van der Waals surface area contributed by atoms with E-state index in [1.807, 2.05) is 6.07 Å². The minimum Gasteiger partial charge on any atom is -0.250 e. The quantitative estimate of drug-likeness (QED) is 0.779. The lowest BCUT2D eigenvalue weighted by Gasteiger charge is -2.09. The predicted octanol–water partition coefficient (Wildman–Crippen LogP) is 3.39. The van der Waals surface area contributed by atoms with Gasteiger partial charge in [-0.25, -0.2) is 0 Å². The lowest BCUT2D eigenvalue weighted by molar-refractivity contribution is 0.447. The van der Waals surface area contributed by atoms with E-state index in [1.165, 1.54) is 0 Å². The van der Waals surface area contributed by atoms with Crippen LogP contribution in [0.15, 0.2) is 22.7 Å². The predicted molar refractivity (Wildman–Crippen MR) is 53.2 cm³/mol. The number of benzene rings is 1. The molecular weight excluding hydrogens is 233 g/mol. The summed E-state index contributed by atoms with van der Waals surface area (Å²) >= 11 is 3.26. The highest BCUT2D eigenvalue weighted by Crippen LogP contribution is 2.25. The molecule has 1 nitrogen and oxygen atoms in total. The van der Waals surface area contributed by atoms with Crippen molar-refractivity contribution in [2.45, 2.75) is 12.8 Å². The Balaban J connectivity index is 3.22. The summed E-state index contributed by atoms with van der Waals surface area (Å²) in [6, 6.07) is 7.45. The van der Waals surface area contributed by atoms with Gasteiger partial charge < -0.3 is 0 Å². The minimum atomic E-state index is -0.439. The van der Waals surface area contributed by atoms with Crippen molar-refractivity contribution >= 4 is 15.9 Å². The Hall–Kier alpha value is -0.880. The van der Waals surface area contributed by atoms with E-state index in [4.69, 9.17) is 5.26 Å². The Bertz CT molecular complexity index is 343. The van der Waals surface area contributed by atoms with Crippen LogP contribution in [-0.2, 0) is 0 Å². The molecule has 0 saturated heterocycles. The zero-order valence-electron chi connectivity index (χ0n) is 7.22. The molecule has 0 spiro atoms. The molecule has 0 saturated carbocycles. The molecule has 0 fully saturated rings. The fourth-order valence-corrected chi connectivity index (χ4v) is 1.62. The Kier molecular flexibility index (Phi) is 3.44. The molecule has 1 aromatic carbocycles. The van der Waals surface area contributed by atoms with Gasteiger partial charge in [0.1, 0.15) is 6.07 Å². The molecule has 0 amide bonds. The molecule has 0 bridgehead atoms. The van der Waals surface area contributed by atoms with Gasteiger partial charge in [-0.15, -0.1) is 0 Å². The van der Waals surface area contributed by atoms with Gasteiger partial charge in [-0.3, -0.25) is 4.39 Å². The summed E-state index contributed by atoms with van der Waals surface area (Å²) in [4.78, 5) is 0. The Morgan fingerprint density at radius 2 is 2.31 bits per heavy atom. The second kappa shape index (κ2) is 4.38. The molecule has 3 heteroatoms. The molecule has 1 unspecified atom stereocenters. The van der Waals surface area contributed by atoms with Crippen LogP contribution >= 0.6 is 15.9 Å². The van der Waals surface area contributed by atoms with Crippen LogP contribution in [0.1, 0.15) is 24.0 Å². The van der Waals surface area contributed by atoms with Crippen LogP contribution in [0.4, 0.5) is 4.39 Å². The van der Waals surface area contributed by atoms with E-state index in [2.05, 4.69) is 22.0 Å². The van der Waals surface area contributed by atoms with Gasteiger partial charge in [0, 0.05) is 10.4 Å². The van der Waals surface area contributed by atoms with E-state index in [-0.39, 0.29) is 5.92 Å². The standard InChI is InChI=1S/C10H9BrFN/c1-7(5-12)8-3-2-4-10(11)9(8)6-13/h2-4,7H,5H2,1H3. The number of hydrogen-bond donors (Lipinski definition) is 0. The summed E-state index contributed by atoms with van der Waals surface area (Å²) in [6.07, 6.45) is 0. The Morgan fingerprint density at radius 3 is 2.85 bits per heavy atom. The maximum absolute atomic E-state index is 12.4. The molecule has 13 heavy (non-hydrogen) atoms. The number of hydrogen-bond acceptors (Lipinski definition) is 1. The van der Waals surface area contributed by atoms with Crippen molar-refractivity contribution in [2.75, 3.05) is 6.67 Å². The molecule has 1 atom stereocenters. The molecule has 0 heterocycles. The van der Waals surface area contributed by atoms with Gasteiger partial charge in [0.25, 0.3) is 0 Å². The van der Waals surface area contributed by atoms with Crippen LogP contribution in [0, 0.1) is 11.3 Å². The van der Waals surface area contributed by atoms with Crippen LogP contribution in [-0.4, -0.2) is 6.67 Å². The number of nitrogens with zero attached hydrogens (tertiary/aromatic N) is 1. The van der Waals surface area contributed by atoms with Crippen molar-refractivity contribution < 1.29 is 4.39 Å². The molecule has 0 aromatic heterocycles. The average Bonchev–Trinajstić information content (AvgIpc) is 2.16. The molecule has 0 N–H and O–H groups in total. The van der Waals surface area contributed by atoms with Crippen LogP contribution in [0.3, 0.4) is 0 Å². The SMILES string of the molecule is CC(CF)c1cccc(Br)c1C#N. The highest BCUT2D eigenvalue weighted by atomic mass is 79.9. The second-order valence-electron chi connectivity index (χ2n) is 2.87. The number of alkyl halides is 1. The Morgan fingerprint density at radius 1 is 1.62 bits per heavy atom. The smallest absolute Gasteiger partial charge is 0.101 e. The molecule has 1 rings (SSSR count). The number of rotatable bonds is 2. The average molecular weight is 242 g/mol. The van der Waals surface area contributed by atoms with Crippen LogP contribution < -0.4 is 0 Å². The first-order valence-electron chi connectivity index (χ1n) is 3.95. The van der Waals surface area contributed by atoms with Gasteiger partial charge in [-0.1, -0.05) is 19.1 Å². The number of halogens is 2. The zero-order valence-corrected chi connectivity index (χ0v) is 8.81. The molecule has 0 aliphatic carbocycles. The summed E-state index contributed by atoms with van der Waals surface area (Å²) < 4.78 is 13.1. The maximum atomic E-state index is 12.4. The van der Waals surface area contributed by atoms with Gasteiger partial charge >= 0.3 is 0 Å². The summed E-state index contributed by atoms with van der Waals surface area (Å²) in [5.74, 6) is -0.216. The van der Waals surface area contributed by atoms with Crippen molar-refractivity contribution in [1.29, 1.82) is 5.26 Å². The molecule has 0 aliphatic heterocycles. The first-order valence-corrected chi connectivity index (χ1v) is 4.74. The highest BCUT2D eigenvalue weighted by molar-refractivity contribution is 9.10. The third-order valence-electron chi connectivity index (χ3n) is 1.92. The van der Waals surface area contributed by atoms with Crippen LogP contribution in [0.2, 0.25) is 0 Å². The Labute approximate surface area is 85.3 Å². The van der Waals surface area contributed by atoms with E-state index in [9.17, 15) is 4.39 Å². The lowest BCUT2D eigenvalue weighted by Crippen LogP contribution is -1.99. The van der Waals surface area contributed by atoms with Crippen molar-refractivity contribution in [2.24, 2.45) is 0 Å². The highest BCUT2D eigenvalue weighted by Gasteiger charge is 2.11. The lowest BCUT2D eigenvalue weighted by atomic mass is 9.97.